The number of rotatable bonds is 5. The van der Waals surface area contributed by atoms with Crippen molar-refractivity contribution in [1.29, 1.82) is 0 Å². The molecule has 0 spiro atoms. The van der Waals surface area contributed by atoms with Gasteiger partial charge in [0, 0.05) is 24.3 Å². The van der Waals surface area contributed by atoms with Crippen LogP contribution in [0.5, 0.6) is 0 Å². The van der Waals surface area contributed by atoms with E-state index in [1.807, 2.05) is 82.3 Å². The van der Waals surface area contributed by atoms with E-state index < -0.39 is 10.0 Å². The average Bonchev–Trinajstić information content (AvgIpc) is 3.14. The van der Waals surface area contributed by atoms with Crippen LogP contribution in [0.4, 0.5) is 5.69 Å². The molecule has 5 nitrogen and oxygen atoms in total. The lowest BCUT2D eigenvalue weighted by Gasteiger charge is -2.19. The van der Waals surface area contributed by atoms with Gasteiger partial charge in [-0.3, -0.25) is 4.79 Å². The van der Waals surface area contributed by atoms with Gasteiger partial charge in [0.05, 0.1) is 4.90 Å². The summed E-state index contributed by atoms with van der Waals surface area (Å²) in [6.45, 7) is 8.35. The highest BCUT2D eigenvalue weighted by atomic mass is 32.2. The van der Waals surface area contributed by atoms with Crippen LogP contribution < -0.4 is 9.62 Å². The minimum atomic E-state index is -3.66. The van der Waals surface area contributed by atoms with E-state index in [0.29, 0.717) is 17.0 Å². The number of hydrogen-bond donors (Lipinski definition) is 1. The van der Waals surface area contributed by atoms with Crippen molar-refractivity contribution in [3.05, 3.63) is 93.5 Å². The predicted octanol–water partition coefficient (Wildman–Crippen LogP) is 4.60. The van der Waals surface area contributed by atoms with Gasteiger partial charge in [0.1, 0.15) is 0 Å². The lowest BCUT2D eigenvalue weighted by Crippen LogP contribution is -2.29. The van der Waals surface area contributed by atoms with Gasteiger partial charge in [0.15, 0.2) is 0 Å². The zero-order valence-electron chi connectivity index (χ0n) is 18.9. The fourth-order valence-corrected chi connectivity index (χ4v) is 5.99. The van der Waals surface area contributed by atoms with Crippen molar-refractivity contribution < 1.29 is 13.2 Å². The van der Waals surface area contributed by atoms with Gasteiger partial charge in [-0.2, -0.15) is 0 Å². The molecule has 0 aliphatic carbocycles. The SMILES string of the molecule is Cc1cccc(C(=O)N2CCc3ccc(CNS(=O)(=O)c4c(C)cc(C)cc4C)cc32)c1. The minimum Gasteiger partial charge on any atom is -0.308 e. The molecule has 1 aliphatic rings. The molecule has 1 heterocycles. The predicted molar refractivity (Wildman–Crippen MR) is 128 cm³/mol. The average molecular weight is 449 g/mol. The van der Waals surface area contributed by atoms with Crippen LogP contribution in [0.1, 0.15) is 43.7 Å². The second-order valence-electron chi connectivity index (χ2n) is 8.59. The number of carbonyl (C=O) groups is 1. The topological polar surface area (TPSA) is 66.5 Å². The van der Waals surface area contributed by atoms with Crippen LogP contribution in [-0.2, 0) is 23.0 Å². The Balaban J connectivity index is 1.56. The number of hydrogen-bond acceptors (Lipinski definition) is 3. The standard InChI is InChI=1S/C26H28N2O3S/c1-17-6-5-7-23(14-17)26(29)28-11-10-22-9-8-21(15-24(22)28)16-27-32(30,31)25-19(3)12-18(2)13-20(25)4/h5-9,12-15,27H,10-11,16H2,1-4H3. The van der Waals surface area contributed by atoms with Crippen LogP contribution in [-0.4, -0.2) is 20.9 Å². The molecule has 3 aromatic rings. The highest BCUT2D eigenvalue weighted by Gasteiger charge is 2.26. The molecule has 0 bridgehead atoms. The fourth-order valence-electron chi connectivity index (χ4n) is 4.52. The molecule has 0 atom stereocenters. The number of nitrogens with zero attached hydrogens (tertiary/aromatic N) is 1. The number of benzene rings is 3. The maximum atomic E-state index is 13.1. The van der Waals surface area contributed by atoms with E-state index in [-0.39, 0.29) is 12.5 Å². The molecule has 32 heavy (non-hydrogen) atoms. The Bertz CT molecular complexity index is 1290. The molecule has 0 aromatic heterocycles. The molecule has 1 amide bonds. The van der Waals surface area contributed by atoms with E-state index in [4.69, 9.17) is 0 Å². The molecular formula is C26H28N2O3S. The Morgan fingerprint density at radius 2 is 1.66 bits per heavy atom. The lowest BCUT2D eigenvalue weighted by molar-refractivity contribution is 0.0989. The number of carbonyl (C=O) groups excluding carboxylic acids is 1. The zero-order chi connectivity index (χ0) is 23.0. The third-order valence-corrected chi connectivity index (χ3v) is 7.60. The molecule has 4 rings (SSSR count). The maximum absolute atomic E-state index is 13.1. The third kappa shape index (κ3) is 4.33. The van der Waals surface area contributed by atoms with E-state index in [1.165, 1.54) is 0 Å². The van der Waals surface area contributed by atoms with Crippen molar-refractivity contribution in [3.63, 3.8) is 0 Å². The van der Waals surface area contributed by atoms with Crippen molar-refractivity contribution in [2.75, 3.05) is 11.4 Å². The van der Waals surface area contributed by atoms with E-state index in [2.05, 4.69) is 4.72 Å². The monoisotopic (exact) mass is 448 g/mol. The molecular weight excluding hydrogens is 420 g/mol. The van der Waals surface area contributed by atoms with E-state index >= 15 is 0 Å². The minimum absolute atomic E-state index is 0.0314. The molecule has 1 aliphatic heterocycles. The van der Waals surface area contributed by atoms with Crippen LogP contribution in [0, 0.1) is 27.7 Å². The van der Waals surface area contributed by atoms with Gasteiger partial charge in [-0.15, -0.1) is 0 Å². The number of nitrogens with one attached hydrogen (secondary N) is 1. The van der Waals surface area contributed by atoms with Crippen molar-refractivity contribution in [2.24, 2.45) is 0 Å². The molecule has 0 fully saturated rings. The van der Waals surface area contributed by atoms with Crippen molar-refractivity contribution in [2.45, 2.75) is 45.6 Å². The molecule has 1 N–H and O–H groups in total. The quantitative estimate of drug-likeness (QED) is 0.620. The largest absolute Gasteiger partial charge is 0.308 e. The van der Waals surface area contributed by atoms with Crippen LogP contribution in [0.15, 0.2) is 59.5 Å². The number of aryl methyl sites for hydroxylation is 4. The highest BCUT2D eigenvalue weighted by molar-refractivity contribution is 7.89. The van der Waals surface area contributed by atoms with Gasteiger partial charge in [-0.25, -0.2) is 13.1 Å². The second kappa shape index (κ2) is 8.52. The first-order valence-electron chi connectivity index (χ1n) is 10.7. The van der Waals surface area contributed by atoms with Gasteiger partial charge in [0.2, 0.25) is 10.0 Å². The van der Waals surface area contributed by atoms with Crippen LogP contribution in [0.25, 0.3) is 0 Å². The smallest absolute Gasteiger partial charge is 0.258 e. The highest BCUT2D eigenvalue weighted by Crippen LogP contribution is 2.31. The van der Waals surface area contributed by atoms with Gasteiger partial charge >= 0.3 is 0 Å². The summed E-state index contributed by atoms with van der Waals surface area (Å²) in [4.78, 5) is 15.2. The summed E-state index contributed by atoms with van der Waals surface area (Å²) in [5.74, 6) is -0.0314. The van der Waals surface area contributed by atoms with E-state index in [1.54, 1.807) is 4.90 Å². The Kier molecular flexibility index (Phi) is 5.93. The summed E-state index contributed by atoms with van der Waals surface area (Å²) in [7, 11) is -3.66. The normalized spacial score (nSPS) is 13.3. The molecule has 0 saturated carbocycles. The van der Waals surface area contributed by atoms with E-state index in [0.717, 1.165) is 45.5 Å². The molecule has 0 unspecified atom stereocenters. The van der Waals surface area contributed by atoms with Crippen LogP contribution in [0.2, 0.25) is 0 Å². The molecule has 3 aromatic carbocycles. The molecule has 6 heteroatoms. The first-order chi connectivity index (χ1) is 15.2. The van der Waals surface area contributed by atoms with Gasteiger partial charge < -0.3 is 4.90 Å². The number of fused-ring (bicyclic) bond motifs is 1. The van der Waals surface area contributed by atoms with Crippen molar-refractivity contribution >= 4 is 21.6 Å². The lowest BCUT2D eigenvalue weighted by atomic mass is 10.1. The first kappa shape index (κ1) is 22.2. The van der Waals surface area contributed by atoms with Gasteiger partial charge in [-0.05, 0) is 74.6 Å². The van der Waals surface area contributed by atoms with Gasteiger partial charge in [0.25, 0.3) is 5.91 Å². The molecule has 0 saturated heterocycles. The fraction of sp³-hybridized carbons (Fsp3) is 0.269. The third-order valence-electron chi connectivity index (χ3n) is 5.90. The van der Waals surface area contributed by atoms with Crippen LogP contribution >= 0.6 is 0 Å². The zero-order valence-corrected chi connectivity index (χ0v) is 19.7. The Morgan fingerprint density at radius 1 is 0.938 bits per heavy atom. The van der Waals surface area contributed by atoms with Crippen LogP contribution in [0.3, 0.4) is 0 Å². The first-order valence-corrected chi connectivity index (χ1v) is 12.2. The summed E-state index contributed by atoms with van der Waals surface area (Å²) >= 11 is 0. The second-order valence-corrected chi connectivity index (χ2v) is 10.3. The van der Waals surface area contributed by atoms with Crippen molar-refractivity contribution in [1.82, 2.24) is 4.72 Å². The summed E-state index contributed by atoms with van der Waals surface area (Å²) < 4.78 is 28.7. The van der Waals surface area contributed by atoms with Gasteiger partial charge in [-0.1, -0.05) is 47.5 Å². The summed E-state index contributed by atoms with van der Waals surface area (Å²) in [6.07, 6.45) is 0.792. The van der Waals surface area contributed by atoms with E-state index in [9.17, 15) is 13.2 Å². The number of amides is 1. The number of sulfonamides is 1. The maximum Gasteiger partial charge on any atom is 0.258 e. The van der Waals surface area contributed by atoms with Crippen molar-refractivity contribution in [3.8, 4) is 0 Å². The number of anilines is 1. The Morgan fingerprint density at radius 3 is 2.34 bits per heavy atom. The summed E-state index contributed by atoms with van der Waals surface area (Å²) in [6, 6.07) is 17.2. The molecule has 0 radical (unpaired) electrons. The molecule has 166 valence electrons. The Labute approximate surface area is 190 Å². The summed E-state index contributed by atoms with van der Waals surface area (Å²) in [5, 5.41) is 0. The Hall–Kier alpha value is -2.96. The summed E-state index contributed by atoms with van der Waals surface area (Å²) in [5.41, 5.74) is 6.99.